The molecule has 1 N–H and O–H groups in total. The minimum atomic E-state index is -0.746. The van der Waals surface area contributed by atoms with Crippen molar-refractivity contribution in [3.63, 3.8) is 0 Å². The second-order valence-electron chi connectivity index (χ2n) is 8.50. The Balaban J connectivity index is 1.65. The second kappa shape index (κ2) is 7.29. The number of carbonyl (C=O) groups is 2. The van der Waals surface area contributed by atoms with Gasteiger partial charge in [0.15, 0.2) is 0 Å². The lowest BCUT2D eigenvalue weighted by Gasteiger charge is -2.32. The van der Waals surface area contributed by atoms with Crippen molar-refractivity contribution < 1.29 is 24.2 Å². The first-order chi connectivity index (χ1) is 12.2. The third kappa shape index (κ3) is 4.99. The number of carbonyl (C=O) groups excluding carboxylic acids is 1. The summed E-state index contributed by atoms with van der Waals surface area (Å²) in [5, 5.41) is 9.19. The molecular formula is C21H28O5. The summed E-state index contributed by atoms with van der Waals surface area (Å²) < 4.78 is 11.5. The van der Waals surface area contributed by atoms with E-state index in [-0.39, 0.29) is 30.8 Å². The Labute approximate surface area is 154 Å². The molecule has 0 aromatic heterocycles. The summed E-state index contributed by atoms with van der Waals surface area (Å²) in [4.78, 5) is 23.2. The van der Waals surface area contributed by atoms with Gasteiger partial charge in [0.05, 0.1) is 12.8 Å². The van der Waals surface area contributed by atoms with Crippen LogP contribution in [0.5, 0.6) is 5.75 Å². The van der Waals surface area contributed by atoms with Crippen molar-refractivity contribution in [3.8, 4) is 5.75 Å². The van der Waals surface area contributed by atoms with Crippen molar-refractivity contribution in [1.29, 1.82) is 0 Å². The SMILES string of the molecule is CC(C)(C)OC(=O)Cc1ccc2c(c1)CC[C@H]([C@H](CC(=O)O)C1CC1)O2. The Bertz CT molecular complexity index is 684. The summed E-state index contributed by atoms with van der Waals surface area (Å²) in [6, 6.07) is 5.82. The standard InChI is InChI=1S/C21H28O5/c1-21(2,3)26-20(24)11-13-4-8-17-15(10-13)7-9-18(25-17)16(12-19(22)23)14-5-6-14/h4,8,10,14,16,18H,5-7,9,11-12H2,1-3H3,(H,22,23)/t16-,18-/m1/s1. The molecule has 5 heteroatoms. The minimum absolute atomic E-state index is 0.0252. The van der Waals surface area contributed by atoms with Crippen molar-refractivity contribution >= 4 is 11.9 Å². The van der Waals surface area contributed by atoms with Crippen LogP contribution in [0.3, 0.4) is 0 Å². The van der Waals surface area contributed by atoms with E-state index in [1.807, 2.05) is 39.0 Å². The third-order valence-electron chi connectivity index (χ3n) is 4.99. The Hall–Kier alpha value is -2.04. The van der Waals surface area contributed by atoms with Crippen LogP contribution in [0.15, 0.2) is 18.2 Å². The van der Waals surface area contributed by atoms with E-state index in [1.54, 1.807) is 0 Å². The van der Waals surface area contributed by atoms with Gasteiger partial charge in [-0.15, -0.1) is 0 Å². The molecule has 1 aromatic carbocycles. The van der Waals surface area contributed by atoms with E-state index in [1.165, 1.54) is 0 Å². The fourth-order valence-corrected chi connectivity index (χ4v) is 3.75. The number of esters is 1. The minimum Gasteiger partial charge on any atom is -0.490 e. The number of aryl methyl sites for hydroxylation is 1. The van der Waals surface area contributed by atoms with Gasteiger partial charge in [-0.05, 0) is 69.6 Å². The quantitative estimate of drug-likeness (QED) is 0.782. The predicted molar refractivity (Wildman–Crippen MR) is 97.2 cm³/mol. The highest BCUT2D eigenvalue weighted by molar-refractivity contribution is 5.73. The average Bonchev–Trinajstić information content (AvgIpc) is 3.34. The number of rotatable bonds is 6. The summed E-state index contributed by atoms with van der Waals surface area (Å²) in [6.45, 7) is 5.58. The monoisotopic (exact) mass is 360 g/mol. The van der Waals surface area contributed by atoms with Gasteiger partial charge in [0.1, 0.15) is 17.5 Å². The molecule has 1 saturated carbocycles. The molecule has 0 saturated heterocycles. The molecule has 0 radical (unpaired) electrons. The highest BCUT2D eigenvalue weighted by Gasteiger charge is 2.40. The number of fused-ring (bicyclic) bond motifs is 1. The Kier molecular flexibility index (Phi) is 5.26. The number of aliphatic carboxylic acids is 1. The van der Waals surface area contributed by atoms with Crippen LogP contribution in [0, 0.1) is 11.8 Å². The van der Waals surface area contributed by atoms with Crippen LogP contribution in [0.1, 0.15) is 57.6 Å². The zero-order chi connectivity index (χ0) is 18.9. The number of ether oxygens (including phenoxy) is 2. The van der Waals surface area contributed by atoms with E-state index < -0.39 is 11.6 Å². The molecule has 1 heterocycles. The van der Waals surface area contributed by atoms with E-state index >= 15 is 0 Å². The first-order valence-electron chi connectivity index (χ1n) is 9.43. The summed E-state index contributed by atoms with van der Waals surface area (Å²) >= 11 is 0. The summed E-state index contributed by atoms with van der Waals surface area (Å²) in [5.41, 5.74) is 1.53. The van der Waals surface area contributed by atoms with E-state index in [9.17, 15) is 14.7 Å². The molecule has 1 aliphatic carbocycles. The van der Waals surface area contributed by atoms with Gasteiger partial charge in [-0.2, -0.15) is 0 Å². The molecule has 1 aromatic rings. The Morgan fingerprint density at radius 3 is 2.62 bits per heavy atom. The lowest BCUT2D eigenvalue weighted by atomic mass is 9.87. The zero-order valence-corrected chi connectivity index (χ0v) is 15.8. The molecule has 2 atom stereocenters. The topological polar surface area (TPSA) is 72.8 Å². The van der Waals surface area contributed by atoms with Crippen molar-refractivity contribution in [1.82, 2.24) is 0 Å². The molecule has 3 rings (SSSR count). The fraction of sp³-hybridized carbons (Fsp3) is 0.619. The van der Waals surface area contributed by atoms with Gasteiger partial charge in [0.2, 0.25) is 0 Å². The molecule has 0 amide bonds. The highest BCUT2D eigenvalue weighted by Crippen LogP contribution is 2.44. The maximum absolute atomic E-state index is 12.0. The highest BCUT2D eigenvalue weighted by atomic mass is 16.6. The lowest BCUT2D eigenvalue weighted by Crippen LogP contribution is -2.33. The number of hydrogen-bond donors (Lipinski definition) is 1. The largest absolute Gasteiger partial charge is 0.490 e. The van der Waals surface area contributed by atoms with E-state index in [4.69, 9.17) is 9.47 Å². The molecule has 1 fully saturated rings. The van der Waals surface area contributed by atoms with Gasteiger partial charge in [-0.1, -0.05) is 12.1 Å². The maximum atomic E-state index is 12.0. The molecule has 26 heavy (non-hydrogen) atoms. The van der Waals surface area contributed by atoms with E-state index in [2.05, 4.69) is 0 Å². The molecule has 0 unspecified atom stereocenters. The van der Waals surface area contributed by atoms with Crippen molar-refractivity contribution in [3.05, 3.63) is 29.3 Å². The van der Waals surface area contributed by atoms with Crippen LogP contribution in [0.25, 0.3) is 0 Å². The first-order valence-corrected chi connectivity index (χ1v) is 9.43. The van der Waals surface area contributed by atoms with Crippen LogP contribution < -0.4 is 4.74 Å². The number of hydrogen-bond acceptors (Lipinski definition) is 4. The number of benzene rings is 1. The summed E-state index contributed by atoms with van der Waals surface area (Å²) in [5.74, 6) is 0.433. The second-order valence-corrected chi connectivity index (χ2v) is 8.50. The lowest BCUT2D eigenvalue weighted by molar-refractivity contribution is -0.154. The van der Waals surface area contributed by atoms with Gasteiger partial charge in [0.25, 0.3) is 0 Å². The molecule has 2 aliphatic rings. The zero-order valence-electron chi connectivity index (χ0n) is 15.8. The Morgan fingerprint density at radius 1 is 1.27 bits per heavy atom. The normalized spacial score (nSPS) is 20.7. The fourth-order valence-electron chi connectivity index (χ4n) is 3.75. The van der Waals surface area contributed by atoms with E-state index in [0.717, 1.165) is 42.6 Å². The van der Waals surface area contributed by atoms with Crippen molar-refractivity contribution in [2.75, 3.05) is 0 Å². The van der Waals surface area contributed by atoms with Gasteiger partial charge in [-0.3, -0.25) is 9.59 Å². The smallest absolute Gasteiger partial charge is 0.310 e. The summed E-state index contributed by atoms with van der Waals surface area (Å²) in [7, 11) is 0. The molecule has 5 nitrogen and oxygen atoms in total. The molecule has 1 aliphatic heterocycles. The van der Waals surface area contributed by atoms with Gasteiger partial charge in [0, 0.05) is 5.92 Å². The molecule has 142 valence electrons. The first kappa shape index (κ1) is 18.7. The Morgan fingerprint density at radius 2 is 2.00 bits per heavy atom. The van der Waals surface area contributed by atoms with Crippen molar-refractivity contribution in [2.45, 2.75) is 71.0 Å². The molecule has 0 spiro atoms. The van der Waals surface area contributed by atoms with Crippen LogP contribution in [0.2, 0.25) is 0 Å². The third-order valence-corrected chi connectivity index (χ3v) is 4.99. The van der Waals surface area contributed by atoms with Gasteiger partial charge in [-0.25, -0.2) is 0 Å². The average molecular weight is 360 g/mol. The van der Waals surface area contributed by atoms with Gasteiger partial charge < -0.3 is 14.6 Å². The maximum Gasteiger partial charge on any atom is 0.310 e. The van der Waals surface area contributed by atoms with Crippen LogP contribution in [-0.4, -0.2) is 28.8 Å². The van der Waals surface area contributed by atoms with Crippen LogP contribution in [0.4, 0.5) is 0 Å². The van der Waals surface area contributed by atoms with Crippen molar-refractivity contribution in [2.24, 2.45) is 11.8 Å². The van der Waals surface area contributed by atoms with Crippen LogP contribution in [-0.2, 0) is 27.2 Å². The van der Waals surface area contributed by atoms with Gasteiger partial charge >= 0.3 is 11.9 Å². The predicted octanol–water partition coefficient (Wildman–Crippen LogP) is 3.77. The molecule has 0 bridgehead atoms. The van der Waals surface area contributed by atoms with Crippen LogP contribution >= 0.6 is 0 Å². The summed E-state index contributed by atoms with van der Waals surface area (Å²) in [6.07, 6.45) is 4.31. The number of carboxylic acids is 1. The molecular weight excluding hydrogens is 332 g/mol. The van der Waals surface area contributed by atoms with E-state index in [0.29, 0.717) is 5.92 Å². The number of carboxylic acid groups (broad SMARTS) is 1.